The molecule has 224 valence electrons. The largest absolute Gasteiger partial charge is 0.311 e. The topological polar surface area (TPSA) is 54.8 Å². The van der Waals surface area contributed by atoms with Crippen molar-refractivity contribution in [2.75, 3.05) is 4.90 Å². The second-order valence-corrected chi connectivity index (χ2v) is 11.6. The smallest absolute Gasteiger partial charge is 0.0922 e. The first-order valence-corrected chi connectivity index (χ1v) is 15.7. The SMILES string of the molecule is Cc1nc2ccccc2nc1-c1ccc(N(c2ccc(-c3ccccc3)cc2)c2ccc(-c3nc4ccccc4nc3C)cc2)cc1. The summed E-state index contributed by atoms with van der Waals surface area (Å²) < 4.78 is 0. The van der Waals surface area contributed by atoms with E-state index in [9.17, 15) is 0 Å². The number of rotatable bonds is 6. The van der Waals surface area contributed by atoms with Crippen LogP contribution in [0.4, 0.5) is 17.1 Å². The number of nitrogens with zero attached hydrogens (tertiary/aromatic N) is 5. The minimum absolute atomic E-state index is 0.892. The van der Waals surface area contributed by atoms with Gasteiger partial charge in [0.25, 0.3) is 0 Å². The number of hydrogen-bond donors (Lipinski definition) is 0. The van der Waals surface area contributed by atoms with Crippen LogP contribution >= 0.6 is 0 Å². The van der Waals surface area contributed by atoms with Crippen LogP contribution in [-0.2, 0) is 0 Å². The molecule has 0 saturated carbocycles. The summed E-state index contributed by atoms with van der Waals surface area (Å²) in [7, 11) is 0. The minimum Gasteiger partial charge on any atom is -0.311 e. The highest BCUT2D eigenvalue weighted by Gasteiger charge is 2.16. The number of benzene rings is 6. The Morgan fingerprint density at radius 1 is 0.319 bits per heavy atom. The van der Waals surface area contributed by atoms with E-state index >= 15 is 0 Å². The summed E-state index contributed by atoms with van der Waals surface area (Å²) in [6.07, 6.45) is 0. The third-order valence-electron chi connectivity index (χ3n) is 8.52. The van der Waals surface area contributed by atoms with Crippen LogP contribution in [0.25, 0.3) is 55.7 Å². The molecule has 8 aromatic rings. The van der Waals surface area contributed by atoms with Crippen LogP contribution in [0, 0.1) is 13.8 Å². The molecule has 0 radical (unpaired) electrons. The molecule has 2 heterocycles. The molecular formula is C42H31N5. The summed E-state index contributed by atoms with van der Waals surface area (Å²) >= 11 is 0. The molecule has 2 aromatic heterocycles. The van der Waals surface area contributed by atoms with E-state index in [4.69, 9.17) is 19.9 Å². The molecule has 47 heavy (non-hydrogen) atoms. The summed E-state index contributed by atoms with van der Waals surface area (Å²) in [6, 6.07) is 52.4. The molecule has 0 saturated heterocycles. The summed E-state index contributed by atoms with van der Waals surface area (Å²) in [6.45, 7) is 4.04. The van der Waals surface area contributed by atoms with Crippen LogP contribution in [0.2, 0.25) is 0 Å². The van der Waals surface area contributed by atoms with E-state index in [0.29, 0.717) is 0 Å². The van der Waals surface area contributed by atoms with Crippen LogP contribution in [-0.4, -0.2) is 19.9 Å². The van der Waals surface area contributed by atoms with E-state index in [2.05, 4.69) is 102 Å². The Kier molecular flexibility index (Phi) is 7.19. The lowest BCUT2D eigenvalue weighted by Gasteiger charge is -2.26. The molecule has 6 aromatic carbocycles. The van der Waals surface area contributed by atoms with Crippen molar-refractivity contribution in [1.29, 1.82) is 0 Å². The quantitative estimate of drug-likeness (QED) is 0.189. The van der Waals surface area contributed by atoms with Crippen molar-refractivity contribution in [3.8, 4) is 33.6 Å². The van der Waals surface area contributed by atoms with Gasteiger partial charge >= 0.3 is 0 Å². The van der Waals surface area contributed by atoms with E-state index in [0.717, 1.165) is 73.0 Å². The lowest BCUT2D eigenvalue weighted by molar-refractivity contribution is 1.19. The lowest BCUT2D eigenvalue weighted by atomic mass is 10.0. The fourth-order valence-corrected chi connectivity index (χ4v) is 6.14. The van der Waals surface area contributed by atoms with Crippen molar-refractivity contribution in [2.24, 2.45) is 0 Å². The summed E-state index contributed by atoms with van der Waals surface area (Å²) in [4.78, 5) is 21.8. The summed E-state index contributed by atoms with van der Waals surface area (Å²) in [5, 5.41) is 0. The predicted octanol–water partition coefficient (Wildman–Crippen LogP) is 10.7. The molecule has 0 spiro atoms. The first-order chi connectivity index (χ1) is 23.1. The number of aromatic nitrogens is 4. The van der Waals surface area contributed by atoms with Gasteiger partial charge < -0.3 is 4.90 Å². The highest BCUT2D eigenvalue weighted by Crippen LogP contribution is 2.38. The van der Waals surface area contributed by atoms with Gasteiger partial charge in [-0.1, -0.05) is 91.0 Å². The van der Waals surface area contributed by atoms with Crippen LogP contribution in [0.15, 0.2) is 152 Å². The van der Waals surface area contributed by atoms with Gasteiger partial charge in [-0.05, 0) is 85.6 Å². The Labute approximate surface area is 273 Å². The monoisotopic (exact) mass is 605 g/mol. The van der Waals surface area contributed by atoms with Crippen molar-refractivity contribution < 1.29 is 0 Å². The molecule has 8 rings (SSSR count). The van der Waals surface area contributed by atoms with Crippen molar-refractivity contribution >= 4 is 39.1 Å². The van der Waals surface area contributed by atoms with Crippen LogP contribution < -0.4 is 4.90 Å². The van der Waals surface area contributed by atoms with Crippen molar-refractivity contribution in [2.45, 2.75) is 13.8 Å². The molecule has 0 bridgehead atoms. The van der Waals surface area contributed by atoms with Gasteiger partial charge in [0.05, 0.1) is 44.8 Å². The Bertz CT molecular complexity index is 2220. The Morgan fingerprint density at radius 3 is 1.04 bits per heavy atom. The van der Waals surface area contributed by atoms with Gasteiger partial charge in [0.2, 0.25) is 0 Å². The van der Waals surface area contributed by atoms with Gasteiger partial charge in [0, 0.05) is 28.2 Å². The number of aryl methyl sites for hydroxylation is 2. The van der Waals surface area contributed by atoms with E-state index in [1.54, 1.807) is 0 Å². The molecule has 0 atom stereocenters. The van der Waals surface area contributed by atoms with Gasteiger partial charge in [0.15, 0.2) is 0 Å². The maximum absolute atomic E-state index is 4.95. The van der Waals surface area contributed by atoms with Crippen molar-refractivity contribution in [3.63, 3.8) is 0 Å². The second kappa shape index (κ2) is 12.0. The molecule has 5 nitrogen and oxygen atoms in total. The number of fused-ring (bicyclic) bond motifs is 2. The first-order valence-electron chi connectivity index (χ1n) is 15.7. The molecular weight excluding hydrogens is 574 g/mol. The Hall–Kier alpha value is -6.20. The van der Waals surface area contributed by atoms with Crippen LogP contribution in [0.1, 0.15) is 11.4 Å². The van der Waals surface area contributed by atoms with Gasteiger partial charge in [-0.25, -0.2) is 19.9 Å². The van der Waals surface area contributed by atoms with Crippen molar-refractivity contribution in [1.82, 2.24) is 19.9 Å². The van der Waals surface area contributed by atoms with Crippen LogP contribution in [0.3, 0.4) is 0 Å². The summed E-state index contributed by atoms with van der Waals surface area (Å²) in [5.74, 6) is 0. The molecule has 0 aliphatic rings. The second-order valence-electron chi connectivity index (χ2n) is 11.6. The van der Waals surface area contributed by atoms with E-state index in [-0.39, 0.29) is 0 Å². The number of anilines is 3. The van der Waals surface area contributed by atoms with Crippen molar-refractivity contribution in [3.05, 3.63) is 163 Å². The van der Waals surface area contributed by atoms with E-state index < -0.39 is 0 Å². The molecule has 0 amide bonds. The Morgan fingerprint density at radius 2 is 0.638 bits per heavy atom. The Balaban J connectivity index is 1.18. The zero-order valence-corrected chi connectivity index (χ0v) is 26.2. The van der Waals surface area contributed by atoms with E-state index in [1.807, 2.05) is 68.4 Å². The first kappa shape index (κ1) is 28.3. The third-order valence-corrected chi connectivity index (χ3v) is 8.52. The maximum atomic E-state index is 4.95. The van der Waals surface area contributed by atoms with Gasteiger partial charge in [0.1, 0.15) is 0 Å². The average molecular weight is 606 g/mol. The fraction of sp³-hybridized carbons (Fsp3) is 0.0476. The average Bonchev–Trinajstić information content (AvgIpc) is 3.12. The highest BCUT2D eigenvalue weighted by molar-refractivity contribution is 5.83. The third kappa shape index (κ3) is 5.49. The van der Waals surface area contributed by atoms with E-state index in [1.165, 1.54) is 11.1 Å². The molecule has 0 aliphatic heterocycles. The summed E-state index contributed by atoms with van der Waals surface area (Å²) in [5.41, 5.74) is 14.8. The molecule has 0 aliphatic carbocycles. The minimum atomic E-state index is 0.892. The standard InChI is InChI=1S/C42H31N5/c1-28-41(45-39-14-8-6-12-37(39)43-28)32-18-24-35(25-19-32)47(34-22-16-31(17-23-34)30-10-4-3-5-11-30)36-26-20-33(21-27-36)42-29(2)44-38-13-7-9-15-40(38)46-42/h3-27H,1-2H3. The zero-order chi connectivity index (χ0) is 31.7. The normalized spacial score (nSPS) is 11.2. The van der Waals surface area contributed by atoms with Crippen LogP contribution in [0.5, 0.6) is 0 Å². The van der Waals surface area contributed by atoms with Gasteiger partial charge in [-0.3, -0.25) is 0 Å². The molecule has 0 N–H and O–H groups in total. The van der Waals surface area contributed by atoms with Gasteiger partial charge in [-0.15, -0.1) is 0 Å². The predicted molar refractivity (Wildman–Crippen MR) is 193 cm³/mol. The lowest BCUT2D eigenvalue weighted by Crippen LogP contribution is -2.10. The number of para-hydroxylation sites is 4. The molecule has 0 fully saturated rings. The highest BCUT2D eigenvalue weighted by atomic mass is 15.1. The fourth-order valence-electron chi connectivity index (χ4n) is 6.14. The molecule has 5 heteroatoms. The maximum Gasteiger partial charge on any atom is 0.0922 e. The molecule has 0 unspecified atom stereocenters. The van der Waals surface area contributed by atoms with Gasteiger partial charge in [-0.2, -0.15) is 0 Å². The zero-order valence-electron chi connectivity index (χ0n) is 26.2. The number of hydrogen-bond acceptors (Lipinski definition) is 5.